The van der Waals surface area contributed by atoms with E-state index in [1.807, 2.05) is 19.1 Å². The largest absolute Gasteiger partial charge is 0.497 e. The first-order valence-corrected chi connectivity index (χ1v) is 10.00. The molecule has 2 rings (SSSR count). The van der Waals surface area contributed by atoms with Crippen molar-refractivity contribution in [2.45, 2.75) is 19.5 Å². The first kappa shape index (κ1) is 26.6. The second-order valence-electron chi connectivity index (χ2n) is 7.11. The Kier molecular flexibility index (Phi) is 11.6. The van der Waals surface area contributed by atoms with Gasteiger partial charge in [-0.05, 0) is 51.2 Å². The number of ether oxygens (including phenoxy) is 1. The predicted octanol–water partition coefficient (Wildman–Crippen LogP) is 3.28. The number of hydrogen-bond donors (Lipinski definition) is 1. The average molecular weight is 543 g/mol. The number of guanidine groups is 1. The fraction of sp³-hybridized carbons (Fsp3) is 0.650. The Labute approximate surface area is 194 Å². The topological polar surface area (TPSA) is 43.3 Å². The molecule has 0 saturated carbocycles. The van der Waals surface area contributed by atoms with Crippen LogP contribution in [-0.4, -0.2) is 88.5 Å². The van der Waals surface area contributed by atoms with Gasteiger partial charge in [0.05, 0.1) is 13.7 Å². The normalized spacial score (nSPS) is 15.2. The van der Waals surface area contributed by atoms with Crippen molar-refractivity contribution in [1.29, 1.82) is 0 Å². The number of alkyl halides is 3. The van der Waals surface area contributed by atoms with E-state index in [4.69, 9.17) is 4.74 Å². The second kappa shape index (κ2) is 13.1. The molecule has 1 fully saturated rings. The molecule has 0 spiro atoms. The molecule has 0 unspecified atom stereocenters. The number of methoxy groups -OCH3 is 1. The Morgan fingerprint density at radius 3 is 2.33 bits per heavy atom. The quantitative estimate of drug-likeness (QED) is 0.236. The SMILES string of the molecule is CCNC(=NCCCN(C)CC(F)(F)F)N1CCN(c2ccc(OC)cc2)CC1.I. The minimum absolute atomic E-state index is 0. The number of halogens is 4. The van der Waals surface area contributed by atoms with Crippen LogP contribution >= 0.6 is 24.0 Å². The maximum absolute atomic E-state index is 12.4. The summed E-state index contributed by atoms with van der Waals surface area (Å²) in [5, 5.41) is 3.30. The second-order valence-corrected chi connectivity index (χ2v) is 7.11. The van der Waals surface area contributed by atoms with Crippen LogP contribution in [0.2, 0.25) is 0 Å². The molecule has 1 aromatic carbocycles. The van der Waals surface area contributed by atoms with Gasteiger partial charge in [0.2, 0.25) is 0 Å². The summed E-state index contributed by atoms with van der Waals surface area (Å²) in [4.78, 5) is 10.4. The van der Waals surface area contributed by atoms with Gasteiger partial charge in [-0.3, -0.25) is 9.89 Å². The Morgan fingerprint density at radius 1 is 1.17 bits per heavy atom. The first-order valence-electron chi connectivity index (χ1n) is 10.00. The molecule has 0 atom stereocenters. The van der Waals surface area contributed by atoms with Crippen molar-refractivity contribution in [2.24, 2.45) is 4.99 Å². The van der Waals surface area contributed by atoms with Crippen molar-refractivity contribution in [1.82, 2.24) is 15.1 Å². The van der Waals surface area contributed by atoms with Crippen molar-refractivity contribution in [3.05, 3.63) is 24.3 Å². The zero-order valence-electron chi connectivity index (χ0n) is 17.9. The lowest BCUT2D eigenvalue weighted by Gasteiger charge is -2.37. The van der Waals surface area contributed by atoms with Crippen LogP contribution in [-0.2, 0) is 0 Å². The van der Waals surface area contributed by atoms with E-state index in [1.165, 1.54) is 17.6 Å². The molecular formula is C20H33F3IN5O. The minimum Gasteiger partial charge on any atom is -0.497 e. The molecule has 1 N–H and O–H groups in total. The van der Waals surface area contributed by atoms with Gasteiger partial charge in [0, 0.05) is 45.0 Å². The summed E-state index contributed by atoms with van der Waals surface area (Å²) >= 11 is 0. The van der Waals surface area contributed by atoms with E-state index in [2.05, 4.69) is 32.2 Å². The maximum atomic E-state index is 12.4. The molecule has 1 aliphatic rings. The van der Waals surface area contributed by atoms with E-state index in [9.17, 15) is 13.2 Å². The Balaban J connectivity index is 0.00000450. The summed E-state index contributed by atoms with van der Waals surface area (Å²) < 4.78 is 42.4. The molecule has 1 heterocycles. The van der Waals surface area contributed by atoms with Gasteiger partial charge < -0.3 is 19.9 Å². The number of nitrogens with zero attached hydrogens (tertiary/aromatic N) is 4. The van der Waals surface area contributed by atoms with Crippen molar-refractivity contribution >= 4 is 35.6 Å². The maximum Gasteiger partial charge on any atom is 0.401 e. The van der Waals surface area contributed by atoms with Gasteiger partial charge in [0.25, 0.3) is 0 Å². The van der Waals surface area contributed by atoms with Gasteiger partial charge in [-0.25, -0.2) is 0 Å². The van der Waals surface area contributed by atoms with E-state index in [-0.39, 0.29) is 24.0 Å². The molecule has 0 radical (unpaired) electrons. The highest BCUT2D eigenvalue weighted by Crippen LogP contribution is 2.20. The fourth-order valence-electron chi connectivity index (χ4n) is 3.31. The van der Waals surface area contributed by atoms with Gasteiger partial charge in [0.1, 0.15) is 5.75 Å². The monoisotopic (exact) mass is 543 g/mol. The molecule has 172 valence electrons. The summed E-state index contributed by atoms with van der Waals surface area (Å²) in [6.07, 6.45) is -3.57. The summed E-state index contributed by atoms with van der Waals surface area (Å²) in [6, 6.07) is 8.04. The molecule has 1 aliphatic heterocycles. The number of rotatable bonds is 8. The highest BCUT2D eigenvalue weighted by molar-refractivity contribution is 14.0. The molecule has 0 bridgehead atoms. The van der Waals surface area contributed by atoms with Crippen molar-refractivity contribution < 1.29 is 17.9 Å². The summed E-state index contributed by atoms with van der Waals surface area (Å²) in [5.74, 6) is 1.68. The van der Waals surface area contributed by atoms with Gasteiger partial charge in [0.15, 0.2) is 5.96 Å². The average Bonchev–Trinajstić information content (AvgIpc) is 2.69. The summed E-state index contributed by atoms with van der Waals surface area (Å²) in [6.45, 7) is 6.19. The number of aliphatic imine (C=N–C) groups is 1. The third-order valence-electron chi connectivity index (χ3n) is 4.76. The Hall–Kier alpha value is -1.43. The van der Waals surface area contributed by atoms with E-state index >= 15 is 0 Å². The zero-order chi connectivity index (χ0) is 21.3. The van der Waals surface area contributed by atoms with Crippen LogP contribution in [0.3, 0.4) is 0 Å². The molecule has 10 heteroatoms. The molecule has 1 saturated heterocycles. The lowest BCUT2D eigenvalue weighted by Crippen LogP contribution is -2.52. The van der Waals surface area contributed by atoms with Crippen molar-refractivity contribution in [2.75, 3.05) is 71.4 Å². The molecule has 30 heavy (non-hydrogen) atoms. The Morgan fingerprint density at radius 2 is 1.80 bits per heavy atom. The van der Waals surface area contributed by atoms with Crippen LogP contribution in [0.25, 0.3) is 0 Å². The number of benzene rings is 1. The smallest absolute Gasteiger partial charge is 0.401 e. The molecular weight excluding hydrogens is 510 g/mol. The van der Waals surface area contributed by atoms with Crippen molar-refractivity contribution in [3.63, 3.8) is 0 Å². The van der Waals surface area contributed by atoms with E-state index < -0.39 is 12.7 Å². The zero-order valence-corrected chi connectivity index (χ0v) is 20.2. The molecule has 0 aliphatic carbocycles. The van der Waals surface area contributed by atoms with Crippen LogP contribution in [0.5, 0.6) is 5.75 Å². The van der Waals surface area contributed by atoms with Crippen LogP contribution in [0, 0.1) is 0 Å². The van der Waals surface area contributed by atoms with Gasteiger partial charge in [-0.1, -0.05) is 0 Å². The number of anilines is 1. The standard InChI is InChI=1S/C20H32F3N5O.HI/c1-4-24-19(25-10-5-11-26(2)16-20(21,22)23)28-14-12-27(13-15-28)17-6-8-18(29-3)9-7-17;/h6-9H,4-5,10-16H2,1-3H3,(H,24,25);1H. The highest BCUT2D eigenvalue weighted by Gasteiger charge is 2.28. The first-order chi connectivity index (χ1) is 13.8. The third kappa shape index (κ3) is 9.15. The third-order valence-corrected chi connectivity index (χ3v) is 4.76. The van der Waals surface area contributed by atoms with E-state index in [1.54, 1.807) is 7.11 Å². The van der Waals surface area contributed by atoms with Gasteiger partial charge >= 0.3 is 6.18 Å². The number of piperazine rings is 1. The number of nitrogens with one attached hydrogen (secondary N) is 1. The molecule has 6 nitrogen and oxygen atoms in total. The molecule has 0 amide bonds. The van der Waals surface area contributed by atoms with Gasteiger partial charge in [-0.15, -0.1) is 24.0 Å². The minimum atomic E-state index is -4.16. The van der Waals surface area contributed by atoms with E-state index in [0.717, 1.165) is 44.4 Å². The Bertz CT molecular complexity index is 634. The van der Waals surface area contributed by atoms with Crippen molar-refractivity contribution in [3.8, 4) is 5.75 Å². The number of hydrogen-bond acceptors (Lipinski definition) is 4. The van der Waals surface area contributed by atoms with E-state index in [0.29, 0.717) is 19.5 Å². The van der Waals surface area contributed by atoms with Gasteiger partial charge in [-0.2, -0.15) is 13.2 Å². The fourth-order valence-corrected chi connectivity index (χ4v) is 3.31. The van der Waals surface area contributed by atoms with Crippen LogP contribution in [0.4, 0.5) is 18.9 Å². The lowest BCUT2D eigenvalue weighted by molar-refractivity contribution is -0.143. The predicted molar refractivity (Wildman–Crippen MR) is 126 cm³/mol. The molecule has 1 aromatic rings. The van der Waals surface area contributed by atoms with Crippen LogP contribution < -0.4 is 15.0 Å². The summed E-state index contributed by atoms with van der Waals surface area (Å²) in [5.41, 5.74) is 1.17. The van der Waals surface area contributed by atoms with Crippen LogP contribution in [0.1, 0.15) is 13.3 Å². The van der Waals surface area contributed by atoms with Crippen LogP contribution in [0.15, 0.2) is 29.3 Å². The lowest BCUT2D eigenvalue weighted by atomic mass is 10.2. The molecule has 0 aromatic heterocycles. The summed E-state index contributed by atoms with van der Waals surface area (Å²) in [7, 11) is 3.14. The highest BCUT2D eigenvalue weighted by atomic mass is 127.